The molecule has 2 atom stereocenters. The molecule has 2 N–H and O–H groups in total. The Morgan fingerprint density at radius 1 is 0.667 bits per heavy atom. The van der Waals surface area contributed by atoms with Crippen molar-refractivity contribution in [3.05, 3.63) is 33.4 Å². The summed E-state index contributed by atoms with van der Waals surface area (Å²) in [5.41, 5.74) is 6.56. The zero-order valence-corrected chi connectivity index (χ0v) is 11.5. The Kier molecular flexibility index (Phi) is 1.56. The molecule has 0 bridgehead atoms. The Morgan fingerprint density at radius 3 is 1.44 bits per heavy atom. The molecule has 0 radical (unpaired) electrons. The fourth-order valence-electron chi connectivity index (χ4n) is 4.64. The average Bonchev–Trinajstić information content (AvgIpc) is 2.11. The van der Waals surface area contributed by atoms with Crippen LogP contribution < -0.4 is 0 Å². The van der Waals surface area contributed by atoms with Crippen molar-refractivity contribution in [2.24, 2.45) is 0 Å². The summed E-state index contributed by atoms with van der Waals surface area (Å²) in [6.07, 6.45) is 2.55. The van der Waals surface area contributed by atoms with Crippen molar-refractivity contribution < 1.29 is 10.2 Å². The zero-order chi connectivity index (χ0) is 13.1. The second kappa shape index (κ2) is 2.54. The van der Waals surface area contributed by atoms with Gasteiger partial charge in [0.15, 0.2) is 0 Å². The Balaban J connectivity index is 2.06. The molecule has 0 saturated heterocycles. The van der Waals surface area contributed by atoms with Gasteiger partial charge < -0.3 is 10.2 Å². The molecule has 1 aromatic rings. The molecular weight excluding hydrogens is 224 g/mol. The standard InChI is InChI=1S/C16H20O2/c1-14(2)5-8-11(14)9-6-15(3,17)13(9)10-7-16(4,18)12(8)10/h17-18H,5-7H2,1-4H3. The third-order valence-corrected chi connectivity index (χ3v) is 5.23. The number of hydrogen-bond donors (Lipinski definition) is 2. The number of benzene rings is 1. The molecule has 96 valence electrons. The van der Waals surface area contributed by atoms with Crippen LogP contribution in [0.1, 0.15) is 61.1 Å². The summed E-state index contributed by atoms with van der Waals surface area (Å²) < 4.78 is 0. The lowest BCUT2D eigenvalue weighted by Gasteiger charge is -2.55. The maximum Gasteiger partial charge on any atom is 0.0914 e. The number of aliphatic hydroxyl groups is 2. The van der Waals surface area contributed by atoms with Gasteiger partial charge in [-0.1, -0.05) is 13.8 Å². The zero-order valence-electron chi connectivity index (χ0n) is 11.5. The van der Waals surface area contributed by atoms with Gasteiger partial charge in [0.1, 0.15) is 0 Å². The molecule has 1 aromatic carbocycles. The lowest BCUT2D eigenvalue weighted by atomic mass is 9.51. The van der Waals surface area contributed by atoms with Crippen molar-refractivity contribution in [1.29, 1.82) is 0 Å². The molecular formula is C16H20O2. The molecule has 4 rings (SSSR count). The summed E-state index contributed by atoms with van der Waals surface area (Å²) in [7, 11) is 0. The minimum atomic E-state index is -0.670. The van der Waals surface area contributed by atoms with E-state index in [1.807, 2.05) is 13.8 Å². The highest BCUT2D eigenvalue weighted by molar-refractivity contribution is 5.69. The lowest BCUT2D eigenvalue weighted by Crippen LogP contribution is -2.52. The topological polar surface area (TPSA) is 40.5 Å². The predicted octanol–water partition coefficient (Wildman–Crippen LogP) is 2.05. The van der Waals surface area contributed by atoms with Crippen LogP contribution in [-0.2, 0) is 35.9 Å². The maximum absolute atomic E-state index is 10.4. The van der Waals surface area contributed by atoms with Crippen molar-refractivity contribution in [2.75, 3.05) is 0 Å². The van der Waals surface area contributed by atoms with Crippen LogP contribution in [0.15, 0.2) is 0 Å². The molecule has 0 spiro atoms. The summed E-state index contributed by atoms with van der Waals surface area (Å²) in [4.78, 5) is 0. The second-order valence-corrected chi connectivity index (χ2v) is 7.52. The molecule has 0 saturated carbocycles. The van der Waals surface area contributed by atoms with Gasteiger partial charge in [-0.3, -0.25) is 0 Å². The van der Waals surface area contributed by atoms with Crippen LogP contribution in [0.5, 0.6) is 0 Å². The predicted molar refractivity (Wildman–Crippen MR) is 69.7 cm³/mol. The van der Waals surface area contributed by atoms with Crippen molar-refractivity contribution in [3.8, 4) is 0 Å². The highest BCUT2D eigenvalue weighted by atomic mass is 16.3. The SMILES string of the molecule is CC1(C)Cc2c1c1c(c3c2C(C)(O)C3)C(C)(O)C1. The molecule has 2 heteroatoms. The Labute approximate surface area is 108 Å². The van der Waals surface area contributed by atoms with E-state index in [0.717, 1.165) is 24.0 Å². The normalized spacial score (nSPS) is 37.7. The van der Waals surface area contributed by atoms with Gasteiger partial charge in [-0.2, -0.15) is 0 Å². The van der Waals surface area contributed by atoms with Gasteiger partial charge in [-0.05, 0) is 59.1 Å². The van der Waals surface area contributed by atoms with Gasteiger partial charge in [0.25, 0.3) is 0 Å². The summed E-state index contributed by atoms with van der Waals surface area (Å²) in [6.45, 7) is 8.34. The summed E-state index contributed by atoms with van der Waals surface area (Å²) in [5, 5.41) is 20.8. The monoisotopic (exact) mass is 244 g/mol. The van der Waals surface area contributed by atoms with E-state index in [-0.39, 0.29) is 5.41 Å². The van der Waals surface area contributed by atoms with Crippen LogP contribution in [0.25, 0.3) is 0 Å². The van der Waals surface area contributed by atoms with Crippen molar-refractivity contribution in [3.63, 3.8) is 0 Å². The van der Waals surface area contributed by atoms with Crippen LogP contribution in [0, 0.1) is 0 Å². The molecule has 0 amide bonds. The highest BCUT2D eigenvalue weighted by Gasteiger charge is 2.55. The Morgan fingerprint density at radius 2 is 1.06 bits per heavy atom. The molecule has 3 aliphatic rings. The summed E-state index contributed by atoms with van der Waals surface area (Å²) in [6, 6.07) is 0. The third kappa shape index (κ3) is 0.960. The third-order valence-electron chi connectivity index (χ3n) is 5.23. The molecule has 3 aliphatic carbocycles. The van der Waals surface area contributed by atoms with E-state index in [1.165, 1.54) is 22.3 Å². The minimum Gasteiger partial charge on any atom is -0.385 e. The van der Waals surface area contributed by atoms with Gasteiger partial charge >= 0.3 is 0 Å². The number of rotatable bonds is 0. The second-order valence-electron chi connectivity index (χ2n) is 7.52. The van der Waals surface area contributed by atoms with E-state index in [4.69, 9.17) is 0 Å². The van der Waals surface area contributed by atoms with Crippen LogP contribution in [-0.4, -0.2) is 10.2 Å². The van der Waals surface area contributed by atoms with Gasteiger partial charge in [-0.15, -0.1) is 0 Å². The first-order chi connectivity index (χ1) is 8.15. The summed E-state index contributed by atoms with van der Waals surface area (Å²) in [5.74, 6) is 0. The van der Waals surface area contributed by atoms with E-state index >= 15 is 0 Å². The van der Waals surface area contributed by atoms with E-state index in [2.05, 4.69) is 13.8 Å². The van der Waals surface area contributed by atoms with Crippen LogP contribution in [0.3, 0.4) is 0 Å². The number of hydrogen-bond acceptors (Lipinski definition) is 2. The maximum atomic E-state index is 10.4. The van der Waals surface area contributed by atoms with Crippen molar-refractivity contribution >= 4 is 0 Å². The van der Waals surface area contributed by atoms with Crippen LogP contribution in [0.2, 0.25) is 0 Å². The quantitative estimate of drug-likeness (QED) is 0.733. The first kappa shape index (κ1) is 11.0. The number of fused-ring (bicyclic) bond motifs is 6. The van der Waals surface area contributed by atoms with E-state index < -0.39 is 11.2 Å². The molecule has 2 nitrogen and oxygen atoms in total. The van der Waals surface area contributed by atoms with Gasteiger partial charge in [-0.25, -0.2) is 0 Å². The van der Waals surface area contributed by atoms with Crippen molar-refractivity contribution in [1.82, 2.24) is 0 Å². The van der Waals surface area contributed by atoms with Crippen LogP contribution >= 0.6 is 0 Å². The molecule has 0 heterocycles. The molecule has 2 unspecified atom stereocenters. The summed E-state index contributed by atoms with van der Waals surface area (Å²) >= 11 is 0. The lowest BCUT2D eigenvalue weighted by molar-refractivity contribution is 0.00667. The largest absolute Gasteiger partial charge is 0.385 e. The smallest absolute Gasteiger partial charge is 0.0914 e. The first-order valence-corrected chi connectivity index (χ1v) is 6.82. The van der Waals surface area contributed by atoms with Crippen molar-refractivity contribution in [2.45, 2.75) is 63.6 Å². The molecule has 0 aliphatic heterocycles. The van der Waals surface area contributed by atoms with E-state index in [9.17, 15) is 10.2 Å². The fraction of sp³-hybridized carbons (Fsp3) is 0.625. The van der Waals surface area contributed by atoms with Crippen LogP contribution in [0.4, 0.5) is 0 Å². The fourth-order valence-corrected chi connectivity index (χ4v) is 4.64. The minimum absolute atomic E-state index is 0.219. The average molecular weight is 244 g/mol. The molecule has 0 aromatic heterocycles. The van der Waals surface area contributed by atoms with Gasteiger partial charge in [0.2, 0.25) is 0 Å². The van der Waals surface area contributed by atoms with E-state index in [1.54, 1.807) is 0 Å². The van der Waals surface area contributed by atoms with Gasteiger partial charge in [0, 0.05) is 12.8 Å². The molecule has 18 heavy (non-hydrogen) atoms. The first-order valence-electron chi connectivity index (χ1n) is 6.82. The Bertz CT molecular complexity index is 499. The highest BCUT2D eigenvalue weighted by Crippen LogP contribution is 2.60. The molecule has 0 fully saturated rings. The Hall–Kier alpha value is -0.860. The van der Waals surface area contributed by atoms with E-state index in [0.29, 0.717) is 6.42 Å². The van der Waals surface area contributed by atoms with Gasteiger partial charge in [0.05, 0.1) is 11.2 Å².